The summed E-state index contributed by atoms with van der Waals surface area (Å²) in [6.07, 6.45) is 2.06. The van der Waals surface area contributed by atoms with Crippen molar-refractivity contribution in [2.75, 3.05) is 17.2 Å². The molecule has 5 nitrogen and oxygen atoms in total. The highest BCUT2D eigenvalue weighted by Crippen LogP contribution is 2.21. The Balaban J connectivity index is 1.59. The second kappa shape index (κ2) is 7.17. The molecule has 3 rings (SSSR count). The van der Waals surface area contributed by atoms with E-state index in [0.717, 1.165) is 18.5 Å². The number of para-hydroxylation sites is 1. The average molecular weight is 323 g/mol. The first-order valence-electron chi connectivity index (χ1n) is 8.12. The normalized spacial score (nSPS) is 13.2. The Bertz CT molecular complexity index is 737. The molecule has 0 atom stereocenters. The molecule has 0 aromatic heterocycles. The summed E-state index contributed by atoms with van der Waals surface area (Å²) in [5, 5.41) is 8.82. The van der Waals surface area contributed by atoms with Gasteiger partial charge in [0.25, 0.3) is 5.91 Å². The fraction of sp³-hybridized carbons (Fsp3) is 0.263. The first-order chi connectivity index (χ1) is 11.6. The van der Waals surface area contributed by atoms with E-state index in [1.807, 2.05) is 31.2 Å². The van der Waals surface area contributed by atoms with Crippen molar-refractivity contribution in [2.45, 2.75) is 25.8 Å². The van der Waals surface area contributed by atoms with Crippen LogP contribution in [0.2, 0.25) is 0 Å². The number of carbonyl (C=O) groups is 2. The third kappa shape index (κ3) is 4.35. The molecule has 2 amide bonds. The van der Waals surface area contributed by atoms with Gasteiger partial charge in [-0.3, -0.25) is 9.59 Å². The van der Waals surface area contributed by atoms with Crippen LogP contribution in [-0.2, 0) is 4.79 Å². The Kier molecular flexibility index (Phi) is 4.79. The second-order valence-corrected chi connectivity index (χ2v) is 6.06. The van der Waals surface area contributed by atoms with Crippen LogP contribution in [0.3, 0.4) is 0 Å². The molecule has 5 heteroatoms. The highest BCUT2D eigenvalue weighted by Gasteiger charge is 2.24. The van der Waals surface area contributed by atoms with Crippen LogP contribution in [-0.4, -0.2) is 24.4 Å². The van der Waals surface area contributed by atoms with Crippen molar-refractivity contribution >= 4 is 23.2 Å². The predicted octanol–water partition coefficient (Wildman–Crippen LogP) is 2.94. The third-order valence-electron chi connectivity index (χ3n) is 3.86. The maximum atomic E-state index is 12.2. The molecule has 3 N–H and O–H groups in total. The van der Waals surface area contributed by atoms with E-state index in [9.17, 15) is 9.59 Å². The van der Waals surface area contributed by atoms with Gasteiger partial charge in [-0.1, -0.05) is 29.8 Å². The quantitative estimate of drug-likeness (QED) is 0.765. The van der Waals surface area contributed by atoms with Crippen molar-refractivity contribution in [3.8, 4) is 0 Å². The minimum absolute atomic E-state index is 0.139. The van der Waals surface area contributed by atoms with E-state index >= 15 is 0 Å². The minimum atomic E-state index is -0.192. The molecule has 124 valence electrons. The highest BCUT2D eigenvalue weighted by molar-refractivity contribution is 6.04. The summed E-state index contributed by atoms with van der Waals surface area (Å²) < 4.78 is 0. The largest absolute Gasteiger partial charge is 0.376 e. The molecule has 1 aliphatic rings. The minimum Gasteiger partial charge on any atom is -0.376 e. The van der Waals surface area contributed by atoms with Crippen LogP contribution in [0.1, 0.15) is 28.8 Å². The van der Waals surface area contributed by atoms with E-state index in [1.54, 1.807) is 24.3 Å². The number of nitrogens with one attached hydrogen (secondary N) is 3. The zero-order valence-corrected chi connectivity index (χ0v) is 13.6. The van der Waals surface area contributed by atoms with Gasteiger partial charge in [0.05, 0.1) is 17.8 Å². The molecular weight excluding hydrogens is 302 g/mol. The summed E-state index contributed by atoms with van der Waals surface area (Å²) in [5.74, 6) is -0.331. The number of carbonyl (C=O) groups excluding carboxylic acids is 2. The smallest absolute Gasteiger partial charge is 0.253 e. The van der Waals surface area contributed by atoms with E-state index in [1.165, 1.54) is 5.56 Å². The van der Waals surface area contributed by atoms with Crippen molar-refractivity contribution in [2.24, 2.45) is 0 Å². The Morgan fingerprint density at radius 3 is 2.46 bits per heavy atom. The molecule has 0 aliphatic heterocycles. The monoisotopic (exact) mass is 323 g/mol. The van der Waals surface area contributed by atoms with Crippen LogP contribution in [0.5, 0.6) is 0 Å². The van der Waals surface area contributed by atoms with Crippen molar-refractivity contribution in [3.05, 3.63) is 59.7 Å². The van der Waals surface area contributed by atoms with Crippen molar-refractivity contribution in [1.29, 1.82) is 0 Å². The lowest BCUT2D eigenvalue weighted by atomic mass is 10.1. The summed E-state index contributed by atoms with van der Waals surface area (Å²) in [5.41, 5.74) is 3.08. The first kappa shape index (κ1) is 16.1. The maximum absolute atomic E-state index is 12.2. The third-order valence-corrected chi connectivity index (χ3v) is 3.86. The highest BCUT2D eigenvalue weighted by atomic mass is 16.2. The Morgan fingerprint density at radius 2 is 1.75 bits per heavy atom. The molecule has 0 heterocycles. The van der Waals surface area contributed by atoms with Crippen LogP contribution in [0, 0.1) is 6.92 Å². The fourth-order valence-corrected chi connectivity index (χ4v) is 2.33. The number of amides is 2. The van der Waals surface area contributed by atoms with Crippen LogP contribution < -0.4 is 16.0 Å². The molecule has 1 fully saturated rings. The van der Waals surface area contributed by atoms with Gasteiger partial charge in [0, 0.05) is 11.7 Å². The maximum Gasteiger partial charge on any atom is 0.253 e. The number of hydrogen-bond donors (Lipinski definition) is 3. The summed E-state index contributed by atoms with van der Waals surface area (Å²) in [6, 6.07) is 15.2. The molecule has 1 saturated carbocycles. The van der Waals surface area contributed by atoms with Gasteiger partial charge >= 0.3 is 0 Å². The molecule has 0 radical (unpaired) electrons. The van der Waals surface area contributed by atoms with Crippen molar-refractivity contribution in [3.63, 3.8) is 0 Å². The summed E-state index contributed by atoms with van der Waals surface area (Å²) >= 11 is 0. The van der Waals surface area contributed by atoms with Gasteiger partial charge in [0.15, 0.2) is 0 Å². The Hall–Kier alpha value is -2.82. The molecule has 2 aromatic carbocycles. The van der Waals surface area contributed by atoms with E-state index in [-0.39, 0.29) is 24.4 Å². The van der Waals surface area contributed by atoms with Crippen LogP contribution >= 0.6 is 0 Å². The molecule has 2 aromatic rings. The molecule has 1 aliphatic carbocycles. The zero-order chi connectivity index (χ0) is 16.9. The van der Waals surface area contributed by atoms with E-state index < -0.39 is 0 Å². The second-order valence-electron chi connectivity index (χ2n) is 6.06. The number of rotatable bonds is 6. The van der Waals surface area contributed by atoms with Gasteiger partial charge in [-0.2, -0.15) is 0 Å². The molecular formula is C19H21N3O2. The lowest BCUT2D eigenvalue weighted by Crippen LogP contribution is -2.28. The number of aryl methyl sites for hydroxylation is 1. The summed E-state index contributed by atoms with van der Waals surface area (Å²) in [6.45, 7) is 2.15. The van der Waals surface area contributed by atoms with Crippen LogP contribution in [0.15, 0.2) is 48.5 Å². The molecule has 0 bridgehead atoms. The standard InChI is InChI=1S/C19H21N3O2/c1-13-6-8-14(9-7-13)20-12-18(23)22-17-5-3-2-4-16(17)19(24)21-15-10-11-15/h2-9,15,20H,10-12H2,1H3,(H,21,24)(H,22,23). The van der Waals surface area contributed by atoms with Gasteiger partial charge in [-0.05, 0) is 44.0 Å². The van der Waals surface area contributed by atoms with Crippen LogP contribution in [0.25, 0.3) is 0 Å². The molecule has 0 unspecified atom stereocenters. The van der Waals surface area contributed by atoms with Gasteiger partial charge in [0.2, 0.25) is 5.91 Å². The van der Waals surface area contributed by atoms with Gasteiger partial charge < -0.3 is 16.0 Å². The Morgan fingerprint density at radius 1 is 1.04 bits per heavy atom. The predicted molar refractivity (Wildman–Crippen MR) is 95.2 cm³/mol. The van der Waals surface area contributed by atoms with Gasteiger partial charge in [-0.25, -0.2) is 0 Å². The van der Waals surface area contributed by atoms with Gasteiger partial charge in [0.1, 0.15) is 0 Å². The lowest BCUT2D eigenvalue weighted by molar-refractivity contribution is -0.114. The van der Waals surface area contributed by atoms with Gasteiger partial charge in [-0.15, -0.1) is 0 Å². The van der Waals surface area contributed by atoms with E-state index in [2.05, 4.69) is 16.0 Å². The summed E-state index contributed by atoms with van der Waals surface area (Å²) in [7, 11) is 0. The SMILES string of the molecule is Cc1ccc(NCC(=O)Nc2ccccc2C(=O)NC2CC2)cc1. The Labute approximate surface area is 141 Å². The van der Waals surface area contributed by atoms with Crippen molar-refractivity contribution < 1.29 is 9.59 Å². The van der Waals surface area contributed by atoms with E-state index in [4.69, 9.17) is 0 Å². The number of hydrogen-bond acceptors (Lipinski definition) is 3. The zero-order valence-electron chi connectivity index (χ0n) is 13.6. The van der Waals surface area contributed by atoms with Crippen LogP contribution in [0.4, 0.5) is 11.4 Å². The fourth-order valence-electron chi connectivity index (χ4n) is 2.33. The first-order valence-corrected chi connectivity index (χ1v) is 8.12. The summed E-state index contributed by atoms with van der Waals surface area (Å²) in [4.78, 5) is 24.4. The molecule has 0 spiro atoms. The number of benzene rings is 2. The van der Waals surface area contributed by atoms with Crippen molar-refractivity contribution in [1.82, 2.24) is 5.32 Å². The lowest BCUT2D eigenvalue weighted by Gasteiger charge is -2.12. The number of anilines is 2. The molecule has 24 heavy (non-hydrogen) atoms. The average Bonchev–Trinajstić information content (AvgIpc) is 3.39. The topological polar surface area (TPSA) is 70.2 Å². The molecule has 0 saturated heterocycles. The van der Waals surface area contributed by atoms with E-state index in [0.29, 0.717) is 11.3 Å².